The van der Waals surface area contributed by atoms with E-state index in [1.165, 1.54) is 0 Å². The molecule has 1 rings (SSSR count). The molecule has 0 aliphatic heterocycles. The van der Waals surface area contributed by atoms with Gasteiger partial charge >= 0.3 is 0 Å². The molecular formula is C14H18F2N2O. The predicted molar refractivity (Wildman–Crippen MR) is 68.5 cm³/mol. The van der Waals surface area contributed by atoms with Crippen molar-refractivity contribution >= 4 is 0 Å². The van der Waals surface area contributed by atoms with E-state index in [4.69, 9.17) is 10.00 Å². The number of nitrogens with zero attached hydrogens (tertiary/aromatic N) is 1. The third kappa shape index (κ3) is 5.33. The van der Waals surface area contributed by atoms with Gasteiger partial charge in [0.15, 0.2) is 0 Å². The largest absolute Gasteiger partial charge is 0.380 e. The van der Waals surface area contributed by atoms with Gasteiger partial charge < -0.3 is 10.1 Å². The Morgan fingerprint density at radius 3 is 2.53 bits per heavy atom. The molecule has 1 N–H and O–H groups in total. The van der Waals surface area contributed by atoms with E-state index < -0.39 is 11.6 Å². The number of rotatable bonds is 8. The van der Waals surface area contributed by atoms with Gasteiger partial charge in [-0.2, -0.15) is 5.26 Å². The number of hydrogen-bond donors (Lipinski definition) is 1. The zero-order valence-electron chi connectivity index (χ0n) is 11.0. The summed E-state index contributed by atoms with van der Waals surface area (Å²) < 4.78 is 32.3. The molecular weight excluding hydrogens is 250 g/mol. The average Bonchev–Trinajstić information content (AvgIpc) is 2.40. The van der Waals surface area contributed by atoms with Crippen molar-refractivity contribution in [3.8, 4) is 6.07 Å². The Morgan fingerprint density at radius 2 is 1.95 bits per heavy atom. The Bertz CT molecular complexity index is 421. The van der Waals surface area contributed by atoms with Crippen molar-refractivity contribution in [2.75, 3.05) is 19.8 Å². The van der Waals surface area contributed by atoms with Gasteiger partial charge in [0.1, 0.15) is 11.6 Å². The monoisotopic (exact) mass is 268 g/mol. The van der Waals surface area contributed by atoms with Crippen LogP contribution in [0.2, 0.25) is 0 Å². The maximum atomic E-state index is 13.5. The van der Waals surface area contributed by atoms with Gasteiger partial charge in [0.05, 0.1) is 18.2 Å². The summed E-state index contributed by atoms with van der Waals surface area (Å²) in [5.41, 5.74) is -0.0609. The SMILES string of the molecule is CCCCOCCNCc1c(F)cc(C#N)cc1F. The second kappa shape index (κ2) is 8.57. The van der Waals surface area contributed by atoms with Crippen molar-refractivity contribution in [1.82, 2.24) is 5.32 Å². The van der Waals surface area contributed by atoms with E-state index in [0.29, 0.717) is 19.8 Å². The number of nitriles is 1. The minimum atomic E-state index is -0.698. The van der Waals surface area contributed by atoms with Crippen LogP contribution < -0.4 is 5.32 Å². The summed E-state index contributed by atoms with van der Waals surface area (Å²) >= 11 is 0. The highest BCUT2D eigenvalue weighted by atomic mass is 19.1. The van der Waals surface area contributed by atoms with E-state index in [-0.39, 0.29) is 17.7 Å². The number of unbranched alkanes of at least 4 members (excludes halogenated alkanes) is 1. The molecule has 0 saturated heterocycles. The van der Waals surface area contributed by atoms with Crippen LogP contribution in [0.4, 0.5) is 8.78 Å². The molecule has 3 nitrogen and oxygen atoms in total. The van der Waals surface area contributed by atoms with E-state index in [2.05, 4.69) is 12.2 Å². The molecule has 0 radical (unpaired) electrons. The van der Waals surface area contributed by atoms with Gasteiger partial charge in [-0.25, -0.2) is 8.78 Å². The summed E-state index contributed by atoms with van der Waals surface area (Å²) in [6, 6.07) is 3.79. The van der Waals surface area contributed by atoms with Crippen molar-refractivity contribution in [2.24, 2.45) is 0 Å². The van der Waals surface area contributed by atoms with E-state index in [9.17, 15) is 8.78 Å². The van der Waals surface area contributed by atoms with Gasteiger partial charge in [-0.05, 0) is 18.6 Å². The summed E-state index contributed by atoms with van der Waals surface area (Å²) in [5.74, 6) is -1.40. The fourth-order valence-electron chi connectivity index (χ4n) is 1.54. The van der Waals surface area contributed by atoms with Gasteiger partial charge in [-0.15, -0.1) is 0 Å². The second-order valence-electron chi connectivity index (χ2n) is 4.17. The number of halogens is 2. The molecule has 0 unspecified atom stereocenters. The molecule has 104 valence electrons. The Morgan fingerprint density at radius 1 is 1.26 bits per heavy atom. The highest BCUT2D eigenvalue weighted by Gasteiger charge is 2.10. The first-order chi connectivity index (χ1) is 9.19. The summed E-state index contributed by atoms with van der Waals surface area (Å²) in [4.78, 5) is 0. The molecule has 0 saturated carbocycles. The van der Waals surface area contributed by atoms with Crippen molar-refractivity contribution in [2.45, 2.75) is 26.3 Å². The molecule has 0 aliphatic carbocycles. The lowest BCUT2D eigenvalue weighted by atomic mass is 10.1. The zero-order chi connectivity index (χ0) is 14.1. The van der Waals surface area contributed by atoms with Crippen LogP contribution in [0.1, 0.15) is 30.9 Å². The lowest BCUT2D eigenvalue weighted by Gasteiger charge is -2.08. The molecule has 0 heterocycles. The molecule has 5 heteroatoms. The summed E-state index contributed by atoms with van der Waals surface area (Å²) in [7, 11) is 0. The minimum absolute atomic E-state index is 0.0124. The molecule has 1 aromatic rings. The number of hydrogen-bond acceptors (Lipinski definition) is 3. The maximum absolute atomic E-state index is 13.5. The summed E-state index contributed by atoms with van der Waals surface area (Å²) in [5, 5.41) is 11.5. The van der Waals surface area contributed by atoms with E-state index in [1.807, 2.05) is 0 Å². The predicted octanol–water partition coefficient (Wildman–Crippen LogP) is 2.74. The number of benzene rings is 1. The first-order valence-electron chi connectivity index (χ1n) is 6.35. The molecule has 0 spiro atoms. The summed E-state index contributed by atoms with van der Waals surface area (Å²) in [6.45, 7) is 3.92. The van der Waals surface area contributed by atoms with Gasteiger partial charge in [0.25, 0.3) is 0 Å². The highest BCUT2D eigenvalue weighted by Crippen LogP contribution is 2.14. The molecule has 19 heavy (non-hydrogen) atoms. The van der Waals surface area contributed by atoms with Crippen LogP contribution in [-0.4, -0.2) is 19.8 Å². The van der Waals surface area contributed by atoms with Crippen molar-refractivity contribution in [3.05, 3.63) is 34.9 Å². The van der Waals surface area contributed by atoms with E-state index >= 15 is 0 Å². The van der Waals surface area contributed by atoms with Gasteiger partial charge in [0.2, 0.25) is 0 Å². The van der Waals surface area contributed by atoms with E-state index in [0.717, 1.165) is 25.0 Å². The average molecular weight is 268 g/mol. The number of nitrogens with one attached hydrogen (secondary N) is 1. The minimum Gasteiger partial charge on any atom is -0.380 e. The quantitative estimate of drug-likeness (QED) is 0.737. The first-order valence-corrected chi connectivity index (χ1v) is 6.35. The Hall–Kier alpha value is -1.51. The van der Waals surface area contributed by atoms with Crippen molar-refractivity contribution < 1.29 is 13.5 Å². The Labute approximate surface area is 112 Å². The summed E-state index contributed by atoms with van der Waals surface area (Å²) in [6.07, 6.45) is 2.09. The molecule has 0 bridgehead atoms. The molecule has 0 atom stereocenters. The lowest BCUT2D eigenvalue weighted by Crippen LogP contribution is -2.21. The fraction of sp³-hybridized carbons (Fsp3) is 0.500. The normalized spacial score (nSPS) is 10.4. The standard InChI is InChI=1S/C14H18F2N2O/c1-2-3-5-19-6-4-18-10-12-13(15)7-11(9-17)8-14(12)16/h7-8,18H,2-6,10H2,1H3. The molecule has 0 aromatic heterocycles. The first kappa shape index (κ1) is 15.5. The van der Waals surface area contributed by atoms with Crippen LogP contribution in [0, 0.1) is 23.0 Å². The molecule has 0 amide bonds. The van der Waals surface area contributed by atoms with Crippen LogP contribution in [0.5, 0.6) is 0 Å². The highest BCUT2D eigenvalue weighted by molar-refractivity contribution is 5.34. The van der Waals surface area contributed by atoms with E-state index in [1.54, 1.807) is 6.07 Å². The van der Waals surface area contributed by atoms with Crippen LogP contribution >= 0.6 is 0 Å². The second-order valence-corrected chi connectivity index (χ2v) is 4.17. The van der Waals surface area contributed by atoms with Crippen LogP contribution in [-0.2, 0) is 11.3 Å². The van der Waals surface area contributed by atoms with Crippen LogP contribution in [0.15, 0.2) is 12.1 Å². The van der Waals surface area contributed by atoms with Gasteiger partial charge in [-0.3, -0.25) is 0 Å². The lowest BCUT2D eigenvalue weighted by molar-refractivity contribution is 0.132. The van der Waals surface area contributed by atoms with Crippen LogP contribution in [0.25, 0.3) is 0 Å². The smallest absolute Gasteiger partial charge is 0.131 e. The fourth-order valence-corrected chi connectivity index (χ4v) is 1.54. The molecule has 1 aromatic carbocycles. The van der Waals surface area contributed by atoms with Crippen LogP contribution in [0.3, 0.4) is 0 Å². The Balaban J connectivity index is 2.36. The molecule has 0 aliphatic rings. The molecule has 0 fully saturated rings. The van der Waals surface area contributed by atoms with Gasteiger partial charge in [-0.1, -0.05) is 13.3 Å². The third-order valence-electron chi connectivity index (χ3n) is 2.64. The maximum Gasteiger partial charge on any atom is 0.131 e. The number of ether oxygens (including phenoxy) is 1. The van der Waals surface area contributed by atoms with Gasteiger partial charge in [0, 0.05) is 25.3 Å². The zero-order valence-corrected chi connectivity index (χ0v) is 11.0. The van der Waals surface area contributed by atoms with Crippen molar-refractivity contribution in [1.29, 1.82) is 5.26 Å². The topological polar surface area (TPSA) is 45.0 Å². The third-order valence-corrected chi connectivity index (χ3v) is 2.64. The Kier molecular flexibility index (Phi) is 7.01. The van der Waals surface area contributed by atoms with Crippen molar-refractivity contribution in [3.63, 3.8) is 0 Å².